The minimum atomic E-state index is -4.08. The zero-order chi connectivity index (χ0) is 27.7. The van der Waals surface area contributed by atoms with Gasteiger partial charge in [-0.3, -0.25) is 13.9 Å². The molecule has 3 aromatic rings. The molecule has 38 heavy (non-hydrogen) atoms. The molecule has 2 amide bonds. The van der Waals surface area contributed by atoms with Crippen molar-refractivity contribution in [2.75, 3.05) is 17.4 Å². The quantitative estimate of drug-likeness (QED) is 0.360. The first-order valence-corrected chi connectivity index (χ1v) is 14.4. The van der Waals surface area contributed by atoms with Gasteiger partial charge in [-0.15, -0.1) is 0 Å². The molecule has 0 fully saturated rings. The van der Waals surface area contributed by atoms with Crippen LogP contribution >= 0.6 is 0 Å². The molecule has 202 valence electrons. The molecule has 0 bridgehead atoms. The third-order valence-corrected chi connectivity index (χ3v) is 8.15. The maximum absolute atomic E-state index is 14.0. The second kappa shape index (κ2) is 13.2. The Labute approximate surface area is 226 Å². The summed E-state index contributed by atoms with van der Waals surface area (Å²) in [5.74, 6) is -0.699. The number of sulfonamides is 1. The number of aryl methyl sites for hydroxylation is 2. The summed E-state index contributed by atoms with van der Waals surface area (Å²) >= 11 is 0. The summed E-state index contributed by atoms with van der Waals surface area (Å²) in [4.78, 5) is 28.7. The zero-order valence-electron chi connectivity index (χ0n) is 22.6. The summed E-state index contributed by atoms with van der Waals surface area (Å²) in [5.41, 5.74) is 2.89. The highest BCUT2D eigenvalue weighted by molar-refractivity contribution is 7.92. The fraction of sp³-hybridized carbons (Fsp3) is 0.333. The monoisotopic (exact) mass is 535 g/mol. The van der Waals surface area contributed by atoms with Gasteiger partial charge in [-0.1, -0.05) is 74.5 Å². The van der Waals surface area contributed by atoms with Crippen LogP contribution in [0.4, 0.5) is 5.69 Å². The van der Waals surface area contributed by atoms with Crippen LogP contribution in [0.25, 0.3) is 0 Å². The molecular formula is C30H37N3O4S. The van der Waals surface area contributed by atoms with Crippen LogP contribution in [-0.4, -0.2) is 44.3 Å². The molecule has 0 aliphatic rings. The minimum absolute atomic E-state index is 0.0936. The summed E-state index contributed by atoms with van der Waals surface area (Å²) < 4.78 is 29.0. The first kappa shape index (κ1) is 28.9. The summed E-state index contributed by atoms with van der Waals surface area (Å²) in [5, 5.41) is 2.90. The number of anilines is 1. The van der Waals surface area contributed by atoms with E-state index < -0.39 is 28.5 Å². The number of rotatable bonds is 12. The van der Waals surface area contributed by atoms with Crippen molar-refractivity contribution < 1.29 is 18.0 Å². The van der Waals surface area contributed by atoms with Crippen molar-refractivity contribution in [3.8, 4) is 0 Å². The van der Waals surface area contributed by atoms with Crippen LogP contribution in [0.2, 0.25) is 0 Å². The van der Waals surface area contributed by atoms with Gasteiger partial charge >= 0.3 is 0 Å². The molecule has 0 saturated heterocycles. The van der Waals surface area contributed by atoms with Crippen molar-refractivity contribution in [2.45, 2.75) is 58.0 Å². The van der Waals surface area contributed by atoms with Crippen LogP contribution < -0.4 is 9.62 Å². The molecule has 0 saturated carbocycles. The van der Waals surface area contributed by atoms with Crippen molar-refractivity contribution in [3.63, 3.8) is 0 Å². The van der Waals surface area contributed by atoms with Gasteiger partial charge < -0.3 is 10.2 Å². The molecule has 0 heterocycles. The Hall–Kier alpha value is -3.65. The lowest BCUT2D eigenvalue weighted by atomic mass is 10.1. The number of amides is 2. The fourth-order valence-corrected chi connectivity index (χ4v) is 5.78. The predicted molar refractivity (Wildman–Crippen MR) is 151 cm³/mol. The Morgan fingerprint density at radius 2 is 1.53 bits per heavy atom. The lowest BCUT2D eigenvalue weighted by Gasteiger charge is -2.33. The highest BCUT2D eigenvalue weighted by Gasteiger charge is 2.34. The number of carbonyl (C=O) groups is 2. The highest BCUT2D eigenvalue weighted by atomic mass is 32.2. The summed E-state index contributed by atoms with van der Waals surface area (Å²) in [7, 11) is -4.08. The van der Waals surface area contributed by atoms with E-state index in [9.17, 15) is 18.0 Å². The molecule has 0 radical (unpaired) electrons. The first-order chi connectivity index (χ1) is 18.2. The average Bonchev–Trinajstić information content (AvgIpc) is 2.92. The second-order valence-electron chi connectivity index (χ2n) is 9.34. The van der Waals surface area contributed by atoms with E-state index in [1.165, 1.54) is 21.3 Å². The van der Waals surface area contributed by atoms with Crippen molar-refractivity contribution in [2.24, 2.45) is 0 Å². The molecule has 3 aromatic carbocycles. The largest absolute Gasteiger partial charge is 0.354 e. The van der Waals surface area contributed by atoms with Crippen LogP contribution in [0.1, 0.15) is 43.4 Å². The van der Waals surface area contributed by atoms with E-state index in [1.54, 1.807) is 24.3 Å². The van der Waals surface area contributed by atoms with E-state index in [4.69, 9.17) is 0 Å². The Morgan fingerprint density at radius 3 is 2.13 bits per heavy atom. The Bertz CT molecular complexity index is 1330. The standard InChI is InChI=1S/C30H37N3O4S/c1-5-19-31-30(35)27(6-2)32(21-25-13-9-7-10-14-25)29(34)22-33(28-20-23(3)17-18-24(28)4)38(36,37)26-15-11-8-12-16-26/h7-18,20,27H,5-6,19,21-22H2,1-4H3,(H,31,35)/t27-/m1/s1. The Morgan fingerprint density at radius 1 is 0.895 bits per heavy atom. The maximum Gasteiger partial charge on any atom is 0.264 e. The number of hydrogen-bond acceptors (Lipinski definition) is 4. The Kier molecular flexibility index (Phi) is 10.1. The van der Waals surface area contributed by atoms with Gasteiger partial charge in [0.05, 0.1) is 10.6 Å². The summed E-state index contributed by atoms with van der Waals surface area (Å²) in [6, 6.07) is 22.3. The third-order valence-electron chi connectivity index (χ3n) is 6.37. The van der Waals surface area contributed by atoms with Crippen LogP contribution in [-0.2, 0) is 26.2 Å². The molecule has 1 atom stereocenters. The van der Waals surface area contributed by atoms with Crippen LogP contribution in [0.3, 0.4) is 0 Å². The number of carbonyl (C=O) groups excluding carboxylic acids is 2. The average molecular weight is 536 g/mol. The van der Waals surface area contributed by atoms with Crippen molar-refractivity contribution in [1.29, 1.82) is 0 Å². The molecular weight excluding hydrogens is 498 g/mol. The van der Waals surface area contributed by atoms with Gasteiger partial charge in [0.15, 0.2) is 0 Å². The fourth-order valence-electron chi connectivity index (χ4n) is 4.29. The van der Waals surface area contributed by atoms with E-state index in [-0.39, 0.29) is 17.3 Å². The van der Waals surface area contributed by atoms with Crippen molar-refractivity contribution in [3.05, 3.63) is 95.6 Å². The van der Waals surface area contributed by atoms with E-state index in [0.29, 0.717) is 18.7 Å². The van der Waals surface area contributed by atoms with Gasteiger partial charge in [-0.05, 0) is 61.6 Å². The number of benzene rings is 3. The summed E-state index contributed by atoms with van der Waals surface area (Å²) in [6.07, 6.45) is 1.16. The zero-order valence-corrected chi connectivity index (χ0v) is 23.4. The second-order valence-corrected chi connectivity index (χ2v) is 11.2. The molecule has 0 aliphatic carbocycles. The van der Waals surface area contributed by atoms with E-state index in [1.807, 2.05) is 70.2 Å². The number of nitrogens with one attached hydrogen (secondary N) is 1. The maximum atomic E-state index is 14.0. The topological polar surface area (TPSA) is 86.8 Å². The minimum Gasteiger partial charge on any atom is -0.354 e. The number of nitrogens with zero attached hydrogens (tertiary/aromatic N) is 2. The lowest BCUT2D eigenvalue weighted by Crippen LogP contribution is -2.52. The Balaban J connectivity index is 2.07. The first-order valence-electron chi connectivity index (χ1n) is 12.9. The molecule has 3 rings (SSSR count). The van der Waals surface area contributed by atoms with Crippen molar-refractivity contribution in [1.82, 2.24) is 10.2 Å². The molecule has 0 aromatic heterocycles. The molecule has 0 unspecified atom stereocenters. The van der Waals surface area contributed by atoms with Gasteiger partial charge in [-0.25, -0.2) is 8.42 Å². The van der Waals surface area contributed by atoms with E-state index in [0.717, 1.165) is 23.1 Å². The highest BCUT2D eigenvalue weighted by Crippen LogP contribution is 2.28. The van der Waals surface area contributed by atoms with Gasteiger partial charge in [0.1, 0.15) is 12.6 Å². The third kappa shape index (κ3) is 7.01. The molecule has 1 N–H and O–H groups in total. The van der Waals surface area contributed by atoms with Gasteiger partial charge in [0, 0.05) is 13.1 Å². The predicted octanol–water partition coefficient (Wildman–Crippen LogP) is 4.83. The van der Waals surface area contributed by atoms with Crippen LogP contribution in [0.5, 0.6) is 0 Å². The van der Waals surface area contributed by atoms with E-state index in [2.05, 4.69) is 5.32 Å². The van der Waals surface area contributed by atoms with Gasteiger partial charge in [0.25, 0.3) is 10.0 Å². The van der Waals surface area contributed by atoms with Crippen molar-refractivity contribution >= 4 is 27.5 Å². The van der Waals surface area contributed by atoms with Gasteiger partial charge in [0.2, 0.25) is 11.8 Å². The normalized spacial score (nSPS) is 12.0. The van der Waals surface area contributed by atoms with Crippen LogP contribution in [0, 0.1) is 13.8 Å². The molecule has 8 heteroatoms. The van der Waals surface area contributed by atoms with E-state index >= 15 is 0 Å². The number of hydrogen-bond donors (Lipinski definition) is 1. The molecule has 0 spiro atoms. The smallest absolute Gasteiger partial charge is 0.264 e. The van der Waals surface area contributed by atoms with Crippen LogP contribution in [0.15, 0.2) is 83.8 Å². The van der Waals surface area contributed by atoms with Gasteiger partial charge in [-0.2, -0.15) is 0 Å². The lowest BCUT2D eigenvalue weighted by molar-refractivity contribution is -0.140. The molecule has 0 aliphatic heterocycles. The SMILES string of the molecule is CCCNC(=O)[C@@H](CC)N(Cc1ccccc1)C(=O)CN(c1cc(C)ccc1C)S(=O)(=O)c1ccccc1. The molecule has 7 nitrogen and oxygen atoms in total. The summed E-state index contributed by atoms with van der Waals surface area (Å²) in [6.45, 7) is 7.76.